The Morgan fingerprint density at radius 3 is 2.85 bits per heavy atom. The second-order valence-electron chi connectivity index (χ2n) is 5.16. The standard InChI is InChI=1S/C17H22N2O/c1-2-13-19(14-16-9-6-12-18-16)17(20)11-10-15-7-4-3-5-8-15/h3-5,7-8,16,18H,2,6,9,12-14H2,1H3. The van der Waals surface area contributed by atoms with Crippen molar-refractivity contribution in [3.05, 3.63) is 35.9 Å². The number of carbonyl (C=O) groups is 1. The number of hydrogen-bond acceptors (Lipinski definition) is 2. The van der Waals surface area contributed by atoms with Crippen LogP contribution in [0.4, 0.5) is 0 Å². The summed E-state index contributed by atoms with van der Waals surface area (Å²) in [6.07, 6.45) is 3.32. The van der Waals surface area contributed by atoms with Crippen molar-refractivity contribution in [3.63, 3.8) is 0 Å². The lowest BCUT2D eigenvalue weighted by Gasteiger charge is -2.23. The van der Waals surface area contributed by atoms with Crippen molar-refractivity contribution in [2.75, 3.05) is 19.6 Å². The van der Waals surface area contributed by atoms with E-state index in [-0.39, 0.29) is 5.91 Å². The molecule has 1 atom stereocenters. The Labute approximate surface area is 121 Å². The molecule has 1 aliphatic heterocycles. The Morgan fingerprint density at radius 1 is 1.40 bits per heavy atom. The zero-order valence-corrected chi connectivity index (χ0v) is 12.1. The maximum atomic E-state index is 12.2. The topological polar surface area (TPSA) is 32.3 Å². The summed E-state index contributed by atoms with van der Waals surface area (Å²) < 4.78 is 0. The predicted octanol–water partition coefficient (Wildman–Crippen LogP) is 2.03. The highest BCUT2D eigenvalue weighted by Crippen LogP contribution is 2.07. The summed E-state index contributed by atoms with van der Waals surface area (Å²) in [6.45, 7) is 4.71. The molecule has 1 aromatic carbocycles. The largest absolute Gasteiger partial charge is 0.330 e. The molecular weight excluding hydrogens is 248 g/mol. The van der Waals surface area contributed by atoms with Crippen LogP contribution < -0.4 is 5.32 Å². The number of amides is 1. The molecule has 0 spiro atoms. The van der Waals surface area contributed by atoms with Crippen LogP contribution in [0, 0.1) is 11.8 Å². The zero-order chi connectivity index (χ0) is 14.2. The van der Waals surface area contributed by atoms with Crippen molar-refractivity contribution in [1.29, 1.82) is 0 Å². The number of nitrogens with one attached hydrogen (secondary N) is 1. The molecule has 0 aromatic heterocycles. The highest BCUT2D eigenvalue weighted by atomic mass is 16.2. The van der Waals surface area contributed by atoms with Gasteiger partial charge in [-0.2, -0.15) is 0 Å². The Bertz CT molecular complexity index is 481. The number of nitrogens with zero attached hydrogens (tertiary/aromatic N) is 1. The smallest absolute Gasteiger partial charge is 0.298 e. The molecule has 1 N–H and O–H groups in total. The molecule has 1 saturated heterocycles. The van der Waals surface area contributed by atoms with Crippen LogP contribution in [0.3, 0.4) is 0 Å². The molecule has 1 aliphatic rings. The molecule has 3 heteroatoms. The first-order chi connectivity index (χ1) is 9.79. The molecule has 1 aromatic rings. The predicted molar refractivity (Wildman–Crippen MR) is 81.2 cm³/mol. The molecule has 0 aliphatic carbocycles. The van der Waals surface area contributed by atoms with Gasteiger partial charge in [0.25, 0.3) is 5.91 Å². The lowest BCUT2D eigenvalue weighted by molar-refractivity contribution is -0.125. The van der Waals surface area contributed by atoms with Crippen molar-refractivity contribution in [3.8, 4) is 11.8 Å². The highest BCUT2D eigenvalue weighted by molar-refractivity contribution is 5.94. The molecule has 1 heterocycles. The van der Waals surface area contributed by atoms with Gasteiger partial charge < -0.3 is 10.2 Å². The number of carbonyl (C=O) groups excluding carboxylic acids is 1. The van der Waals surface area contributed by atoms with E-state index in [1.54, 1.807) is 0 Å². The second kappa shape index (κ2) is 7.72. The van der Waals surface area contributed by atoms with Crippen LogP contribution in [0.5, 0.6) is 0 Å². The first-order valence-electron chi connectivity index (χ1n) is 7.39. The lowest BCUT2D eigenvalue weighted by Crippen LogP contribution is -2.41. The van der Waals surface area contributed by atoms with E-state index in [4.69, 9.17) is 0 Å². The van der Waals surface area contributed by atoms with E-state index < -0.39 is 0 Å². The van der Waals surface area contributed by atoms with Gasteiger partial charge in [0.05, 0.1) is 0 Å². The minimum Gasteiger partial charge on any atom is -0.330 e. The summed E-state index contributed by atoms with van der Waals surface area (Å²) in [7, 11) is 0. The third-order valence-corrected chi connectivity index (χ3v) is 3.47. The maximum Gasteiger partial charge on any atom is 0.298 e. The molecule has 1 amide bonds. The Morgan fingerprint density at radius 2 is 2.20 bits per heavy atom. The lowest BCUT2D eigenvalue weighted by atomic mass is 10.2. The Balaban J connectivity index is 1.97. The minimum absolute atomic E-state index is 0.0654. The van der Waals surface area contributed by atoms with Crippen LogP contribution >= 0.6 is 0 Å². The van der Waals surface area contributed by atoms with Crippen molar-refractivity contribution in [2.24, 2.45) is 0 Å². The van der Waals surface area contributed by atoms with Crippen molar-refractivity contribution < 1.29 is 4.79 Å². The van der Waals surface area contributed by atoms with E-state index in [1.807, 2.05) is 35.2 Å². The molecule has 3 nitrogen and oxygen atoms in total. The van der Waals surface area contributed by atoms with Gasteiger partial charge in [0.15, 0.2) is 0 Å². The molecule has 0 bridgehead atoms. The summed E-state index contributed by atoms with van der Waals surface area (Å²) in [4.78, 5) is 14.1. The molecule has 1 unspecified atom stereocenters. The van der Waals surface area contributed by atoms with Crippen LogP contribution in [-0.2, 0) is 4.79 Å². The molecule has 0 saturated carbocycles. The van der Waals surface area contributed by atoms with E-state index in [0.717, 1.165) is 38.0 Å². The summed E-state index contributed by atoms with van der Waals surface area (Å²) in [6, 6.07) is 10.1. The Hall–Kier alpha value is -1.79. The van der Waals surface area contributed by atoms with Crippen LogP contribution in [0.1, 0.15) is 31.7 Å². The van der Waals surface area contributed by atoms with Gasteiger partial charge in [-0.05, 0) is 37.9 Å². The van der Waals surface area contributed by atoms with Gasteiger partial charge in [0, 0.05) is 30.6 Å². The summed E-state index contributed by atoms with van der Waals surface area (Å²) in [5, 5.41) is 3.43. The molecule has 106 valence electrons. The van der Waals surface area contributed by atoms with Gasteiger partial charge in [-0.25, -0.2) is 0 Å². The van der Waals surface area contributed by atoms with Gasteiger partial charge in [0.2, 0.25) is 0 Å². The second-order valence-corrected chi connectivity index (χ2v) is 5.16. The van der Waals surface area contributed by atoms with Gasteiger partial charge in [0.1, 0.15) is 0 Å². The molecule has 20 heavy (non-hydrogen) atoms. The fourth-order valence-electron chi connectivity index (χ4n) is 2.45. The summed E-state index contributed by atoms with van der Waals surface area (Å²) in [5.74, 6) is 5.65. The van der Waals surface area contributed by atoms with E-state index in [2.05, 4.69) is 24.1 Å². The monoisotopic (exact) mass is 270 g/mol. The van der Waals surface area contributed by atoms with Crippen molar-refractivity contribution in [2.45, 2.75) is 32.2 Å². The summed E-state index contributed by atoms with van der Waals surface area (Å²) >= 11 is 0. The number of rotatable bonds is 4. The number of benzene rings is 1. The van der Waals surface area contributed by atoms with Gasteiger partial charge in [-0.1, -0.05) is 31.0 Å². The average Bonchev–Trinajstić information content (AvgIpc) is 2.98. The van der Waals surface area contributed by atoms with E-state index in [9.17, 15) is 4.79 Å². The van der Waals surface area contributed by atoms with Crippen LogP contribution in [0.15, 0.2) is 30.3 Å². The van der Waals surface area contributed by atoms with Crippen LogP contribution in [0.25, 0.3) is 0 Å². The van der Waals surface area contributed by atoms with E-state index in [0.29, 0.717) is 6.04 Å². The normalized spacial score (nSPS) is 17.4. The van der Waals surface area contributed by atoms with Gasteiger partial charge in [-0.3, -0.25) is 4.79 Å². The third kappa shape index (κ3) is 4.40. The number of hydrogen-bond donors (Lipinski definition) is 1. The van der Waals surface area contributed by atoms with Crippen molar-refractivity contribution in [1.82, 2.24) is 10.2 Å². The van der Waals surface area contributed by atoms with E-state index in [1.165, 1.54) is 6.42 Å². The van der Waals surface area contributed by atoms with E-state index >= 15 is 0 Å². The van der Waals surface area contributed by atoms with Crippen molar-refractivity contribution >= 4 is 5.91 Å². The maximum absolute atomic E-state index is 12.2. The molecule has 2 rings (SSSR count). The fourth-order valence-corrected chi connectivity index (χ4v) is 2.45. The zero-order valence-electron chi connectivity index (χ0n) is 12.1. The summed E-state index contributed by atoms with van der Waals surface area (Å²) in [5.41, 5.74) is 0.885. The third-order valence-electron chi connectivity index (χ3n) is 3.47. The van der Waals surface area contributed by atoms with Gasteiger partial charge >= 0.3 is 0 Å². The quantitative estimate of drug-likeness (QED) is 0.849. The van der Waals surface area contributed by atoms with Gasteiger partial charge in [-0.15, -0.1) is 0 Å². The average molecular weight is 270 g/mol. The minimum atomic E-state index is -0.0654. The molecular formula is C17H22N2O. The SMILES string of the molecule is CCCN(CC1CCCN1)C(=O)C#Cc1ccccc1. The Kier molecular flexibility index (Phi) is 5.64. The van der Waals surface area contributed by atoms with Crippen LogP contribution in [-0.4, -0.2) is 36.5 Å². The first kappa shape index (κ1) is 14.6. The molecule has 1 fully saturated rings. The highest BCUT2D eigenvalue weighted by Gasteiger charge is 2.19. The first-order valence-corrected chi connectivity index (χ1v) is 7.39. The fraction of sp³-hybridized carbons (Fsp3) is 0.471. The molecule has 0 radical (unpaired) electrons. The van der Waals surface area contributed by atoms with Crippen LogP contribution in [0.2, 0.25) is 0 Å².